The van der Waals surface area contributed by atoms with E-state index >= 15 is 0 Å². The zero-order valence-electron chi connectivity index (χ0n) is 62.3. The van der Waals surface area contributed by atoms with Gasteiger partial charge in [-0.1, -0.05) is 317 Å². The fraction of sp³-hybridized carbons (Fsp3) is 0.896. The molecule has 0 spiro atoms. The van der Waals surface area contributed by atoms with Crippen molar-refractivity contribution in [1.82, 2.24) is 0 Å². The van der Waals surface area contributed by atoms with Crippen LogP contribution in [0.1, 0.15) is 370 Å². The molecular formula is C77H146O17P2. The summed E-state index contributed by atoms with van der Waals surface area (Å²) in [6.45, 7) is 11.8. The van der Waals surface area contributed by atoms with E-state index in [2.05, 4.69) is 72.8 Å². The van der Waals surface area contributed by atoms with Crippen LogP contribution in [-0.2, 0) is 65.4 Å². The predicted molar refractivity (Wildman–Crippen MR) is 390 cm³/mol. The molecule has 0 fully saturated rings. The highest BCUT2D eigenvalue weighted by atomic mass is 31.2. The molecule has 0 aliphatic rings. The van der Waals surface area contributed by atoms with E-state index < -0.39 is 97.5 Å². The van der Waals surface area contributed by atoms with E-state index in [0.717, 1.165) is 120 Å². The quantitative estimate of drug-likeness (QED) is 0.0169. The minimum atomic E-state index is -4.97. The van der Waals surface area contributed by atoms with Gasteiger partial charge in [0.05, 0.1) is 26.4 Å². The minimum absolute atomic E-state index is 0.0849. The highest BCUT2D eigenvalue weighted by Crippen LogP contribution is 2.45. The SMILES string of the molecule is CCCCCC/C=C\C=C/CCCCCCCC(=O)O[C@H](COC(=O)CCCCCCCCCCCCCCCCC(C)CC)COP(=O)(O)OCC(O)COP(=O)(O)OC[C@@H](COC(=O)CCCCCCCCCCC(C)C)OC(=O)CCCCCCCCCCC(C)CC. The zero-order chi connectivity index (χ0) is 70.9. The third-order valence-electron chi connectivity index (χ3n) is 18.0. The highest BCUT2D eigenvalue weighted by Gasteiger charge is 2.30. The molecule has 0 aliphatic carbocycles. The van der Waals surface area contributed by atoms with Crippen molar-refractivity contribution >= 4 is 39.5 Å². The molecule has 0 aromatic heterocycles. The Morgan fingerprint density at radius 2 is 0.615 bits per heavy atom. The van der Waals surface area contributed by atoms with Crippen LogP contribution in [0, 0.1) is 17.8 Å². The van der Waals surface area contributed by atoms with E-state index in [4.69, 9.17) is 37.0 Å². The van der Waals surface area contributed by atoms with E-state index in [-0.39, 0.29) is 25.7 Å². The summed E-state index contributed by atoms with van der Waals surface area (Å²) in [5.74, 6) is 0.191. The fourth-order valence-corrected chi connectivity index (χ4v) is 12.8. The van der Waals surface area contributed by atoms with Crippen molar-refractivity contribution in [3.05, 3.63) is 24.3 Å². The molecule has 0 aromatic carbocycles. The van der Waals surface area contributed by atoms with Crippen LogP contribution in [0.3, 0.4) is 0 Å². The average Bonchev–Trinajstić information content (AvgIpc) is 1.37. The number of phosphoric ester groups is 2. The molecule has 0 aliphatic heterocycles. The molecule has 566 valence electrons. The van der Waals surface area contributed by atoms with E-state index in [0.29, 0.717) is 25.7 Å². The first-order valence-corrected chi connectivity index (χ1v) is 42.2. The highest BCUT2D eigenvalue weighted by molar-refractivity contribution is 7.47. The molecule has 0 aromatic rings. The van der Waals surface area contributed by atoms with Gasteiger partial charge in [-0.3, -0.25) is 37.3 Å². The van der Waals surface area contributed by atoms with Crippen molar-refractivity contribution in [2.75, 3.05) is 39.6 Å². The summed E-state index contributed by atoms with van der Waals surface area (Å²) in [6, 6.07) is 0. The summed E-state index contributed by atoms with van der Waals surface area (Å²) in [6.07, 6.45) is 56.2. The van der Waals surface area contributed by atoms with Crippen LogP contribution in [0.5, 0.6) is 0 Å². The summed E-state index contributed by atoms with van der Waals surface area (Å²) in [7, 11) is -9.93. The van der Waals surface area contributed by atoms with Crippen LogP contribution in [0.2, 0.25) is 0 Å². The third-order valence-corrected chi connectivity index (χ3v) is 19.9. The van der Waals surface area contributed by atoms with Gasteiger partial charge >= 0.3 is 39.5 Å². The number of phosphoric acid groups is 2. The molecule has 17 nitrogen and oxygen atoms in total. The van der Waals surface area contributed by atoms with Gasteiger partial charge in [-0.2, -0.15) is 0 Å². The molecule has 0 amide bonds. The zero-order valence-corrected chi connectivity index (χ0v) is 64.1. The van der Waals surface area contributed by atoms with Crippen molar-refractivity contribution in [3.8, 4) is 0 Å². The van der Waals surface area contributed by atoms with Crippen molar-refractivity contribution < 1.29 is 80.2 Å². The lowest BCUT2D eigenvalue weighted by Gasteiger charge is -2.21. The van der Waals surface area contributed by atoms with Gasteiger partial charge in [-0.05, 0) is 69.1 Å². The fourth-order valence-electron chi connectivity index (χ4n) is 11.2. The Bertz CT molecular complexity index is 1970. The van der Waals surface area contributed by atoms with Gasteiger partial charge in [-0.25, -0.2) is 9.13 Å². The molecule has 0 saturated carbocycles. The molecule has 0 rings (SSSR count). The first-order valence-electron chi connectivity index (χ1n) is 39.2. The van der Waals surface area contributed by atoms with E-state index in [1.165, 1.54) is 167 Å². The summed E-state index contributed by atoms with van der Waals surface area (Å²) >= 11 is 0. The molecule has 5 unspecified atom stereocenters. The molecule has 0 heterocycles. The van der Waals surface area contributed by atoms with Gasteiger partial charge in [0.1, 0.15) is 19.3 Å². The second-order valence-corrected chi connectivity index (χ2v) is 30.9. The van der Waals surface area contributed by atoms with Crippen LogP contribution in [0.25, 0.3) is 0 Å². The standard InChI is InChI=1S/C77H146O17P2/c1-8-11-12-13-14-15-16-17-18-23-26-29-39-46-53-60-76(81)93-72(64-87-74(79)58-51-44-37-28-25-22-20-19-21-24-27-35-42-49-56-69(6)9-2)66-91-95(83,84)89-62-71(78)63-90-96(85,86)92-67-73(65-88-75(80)59-52-45-38-32-30-34-41-48-55-68(4)5)94-77(82)61-54-47-40-33-31-36-43-50-57-70(7)10-3/h15-18,68-73,78H,8-14,19-67H2,1-7H3,(H,83,84)(H,85,86)/b16-15-,18-17-/t69?,70?,71?,72-,73-/m1/s1. The van der Waals surface area contributed by atoms with Gasteiger partial charge in [0.15, 0.2) is 12.2 Å². The smallest absolute Gasteiger partial charge is 0.462 e. The Hall–Kier alpha value is -2.46. The molecule has 19 heteroatoms. The Balaban J connectivity index is 5.29. The molecule has 0 saturated heterocycles. The first kappa shape index (κ1) is 93.5. The Labute approximate surface area is 586 Å². The van der Waals surface area contributed by atoms with Gasteiger partial charge in [0.25, 0.3) is 0 Å². The number of hydrogen-bond acceptors (Lipinski definition) is 15. The number of ether oxygens (including phenoxy) is 4. The van der Waals surface area contributed by atoms with Crippen molar-refractivity contribution in [2.45, 2.75) is 388 Å². The molecule has 96 heavy (non-hydrogen) atoms. The van der Waals surface area contributed by atoms with Crippen LogP contribution < -0.4 is 0 Å². The summed E-state index contributed by atoms with van der Waals surface area (Å²) in [5, 5.41) is 10.6. The number of hydrogen-bond donors (Lipinski definition) is 3. The number of carbonyl (C=O) groups excluding carboxylic acids is 4. The van der Waals surface area contributed by atoms with Crippen LogP contribution >= 0.6 is 15.6 Å². The van der Waals surface area contributed by atoms with Gasteiger partial charge in [0, 0.05) is 25.7 Å². The molecule has 0 bridgehead atoms. The maximum Gasteiger partial charge on any atom is 0.472 e. The molecule has 3 N–H and O–H groups in total. The number of allylic oxidation sites excluding steroid dienone is 4. The second kappa shape index (κ2) is 67.1. The van der Waals surface area contributed by atoms with Crippen molar-refractivity contribution in [2.24, 2.45) is 17.8 Å². The minimum Gasteiger partial charge on any atom is -0.462 e. The number of unbranched alkanes of at least 4 members (excludes halogenated alkanes) is 36. The van der Waals surface area contributed by atoms with Crippen LogP contribution in [-0.4, -0.2) is 96.7 Å². The lowest BCUT2D eigenvalue weighted by molar-refractivity contribution is -0.161. The predicted octanol–water partition coefficient (Wildman–Crippen LogP) is 22.1. The lowest BCUT2D eigenvalue weighted by atomic mass is 9.99. The van der Waals surface area contributed by atoms with Gasteiger partial charge in [0.2, 0.25) is 0 Å². The molecule has 7 atom stereocenters. The van der Waals surface area contributed by atoms with Crippen LogP contribution in [0.4, 0.5) is 0 Å². The number of aliphatic hydroxyl groups is 1. The average molecular weight is 1410 g/mol. The van der Waals surface area contributed by atoms with E-state index in [9.17, 15) is 43.2 Å². The summed E-state index contributed by atoms with van der Waals surface area (Å²) in [5.41, 5.74) is 0. The maximum absolute atomic E-state index is 13.1. The Morgan fingerprint density at radius 1 is 0.344 bits per heavy atom. The van der Waals surface area contributed by atoms with Gasteiger partial charge in [-0.15, -0.1) is 0 Å². The Morgan fingerprint density at radius 3 is 0.927 bits per heavy atom. The maximum atomic E-state index is 13.1. The number of carbonyl (C=O) groups is 4. The van der Waals surface area contributed by atoms with E-state index in [1.54, 1.807) is 0 Å². The monoisotopic (exact) mass is 1410 g/mol. The third kappa shape index (κ3) is 67.4. The Kier molecular flexibility index (Phi) is 65.3. The summed E-state index contributed by atoms with van der Waals surface area (Å²) in [4.78, 5) is 72.8. The van der Waals surface area contributed by atoms with Crippen LogP contribution in [0.15, 0.2) is 24.3 Å². The second-order valence-electron chi connectivity index (χ2n) is 28.0. The van der Waals surface area contributed by atoms with E-state index in [1.807, 2.05) is 0 Å². The topological polar surface area (TPSA) is 237 Å². The number of esters is 4. The first-order chi connectivity index (χ1) is 46.3. The number of aliphatic hydroxyl groups excluding tert-OH is 1. The largest absolute Gasteiger partial charge is 0.472 e. The summed E-state index contributed by atoms with van der Waals surface area (Å²) < 4.78 is 68.5. The normalized spacial score (nSPS) is 14.8. The van der Waals surface area contributed by atoms with Gasteiger partial charge < -0.3 is 33.8 Å². The number of rotatable bonds is 73. The molecule has 0 radical (unpaired) electrons. The lowest BCUT2D eigenvalue weighted by Crippen LogP contribution is -2.30. The van der Waals surface area contributed by atoms with Crippen molar-refractivity contribution in [1.29, 1.82) is 0 Å². The molecular weight excluding hydrogens is 1260 g/mol. The van der Waals surface area contributed by atoms with Crippen molar-refractivity contribution in [3.63, 3.8) is 0 Å².